The lowest BCUT2D eigenvalue weighted by atomic mass is 10.3. The maximum Gasteiger partial charge on any atom is 0.254 e. The Morgan fingerprint density at radius 3 is 2.71 bits per heavy atom. The standard InChI is InChI=1S/C12H11ClN2O2/c1-2-10-14-11(16)7-12(15-10)17-9-5-3-8(13)4-6-9/h3-7H,2H2,1H3,(H,14,15,16). The molecule has 2 aromatic rings. The van der Waals surface area contributed by atoms with Crippen LogP contribution in [0, 0.1) is 0 Å². The van der Waals surface area contributed by atoms with Crippen LogP contribution >= 0.6 is 11.6 Å². The molecule has 0 aliphatic heterocycles. The van der Waals surface area contributed by atoms with Crippen molar-refractivity contribution in [2.24, 2.45) is 0 Å². The van der Waals surface area contributed by atoms with Crippen molar-refractivity contribution in [3.05, 3.63) is 51.5 Å². The van der Waals surface area contributed by atoms with Gasteiger partial charge in [0.1, 0.15) is 11.6 Å². The van der Waals surface area contributed by atoms with E-state index in [1.165, 1.54) is 6.07 Å². The third-order valence-corrected chi connectivity index (χ3v) is 2.39. The lowest BCUT2D eigenvalue weighted by molar-refractivity contribution is 0.457. The summed E-state index contributed by atoms with van der Waals surface area (Å²) in [6.45, 7) is 1.91. The molecule has 0 radical (unpaired) electrons. The van der Waals surface area contributed by atoms with E-state index in [0.717, 1.165) is 0 Å². The minimum Gasteiger partial charge on any atom is -0.439 e. The summed E-state index contributed by atoms with van der Waals surface area (Å²) in [5, 5.41) is 0.630. The molecule has 1 aromatic carbocycles. The Bertz CT molecular complexity index is 563. The predicted octanol–water partition coefficient (Wildman–Crippen LogP) is 2.78. The molecule has 0 bridgehead atoms. The van der Waals surface area contributed by atoms with Gasteiger partial charge in [-0.3, -0.25) is 4.79 Å². The van der Waals surface area contributed by atoms with E-state index in [0.29, 0.717) is 23.0 Å². The number of hydrogen-bond acceptors (Lipinski definition) is 3. The van der Waals surface area contributed by atoms with Crippen molar-refractivity contribution in [2.45, 2.75) is 13.3 Å². The van der Waals surface area contributed by atoms with Crippen LogP contribution in [-0.4, -0.2) is 9.97 Å². The maximum absolute atomic E-state index is 11.3. The van der Waals surface area contributed by atoms with Gasteiger partial charge in [0.05, 0.1) is 6.07 Å². The highest BCUT2D eigenvalue weighted by Gasteiger charge is 2.02. The number of aromatic amines is 1. The van der Waals surface area contributed by atoms with E-state index in [-0.39, 0.29) is 11.4 Å². The molecule has 0 unspecified atom stereocenters. The van der Waals surface area contributed by atoms with Crippen LogP contribution in [0.3, 0.4) is 0 Å². The minimum absolute atomic E-state index is 0.221. The number of benzene rings is 1. The molecule has 0 saturated carbocycles. The van der Waals surface area contributed by atoms with Gasteiger partial charge in [0.15, 0.2) is 0 Å². The van der Waals surface area contributed by atoms with E-state index >= 15 is 0 Å². The van der Waals surface area contributed by atoms with Crippen molar-refractivity contribution in [3.8, 4) is 11.6 Å². The van der Waals surface area contributed by atoms with Gasteiger partial charge in [-0.1, -0.05) is 18.5 Å². The maximum atomic E-state index is 11.3. The van der Waals surface area contributed by atoms with Gasteiger partial charge in [-0.25, -0.2) is 0 Å². The molecule has 0 atom stereocenters. The first kappa shape index (κ1) is 11.7. The van der Waals surface area contributed by atoms with Crippen LogP contribution in [0.15, 0.2) is 35.1 Å². The fourth-order valence-corrected chi connectivity index (χ4v) is 1.45. The molecule has 0 saturated heterocycles. The number of aryl methyl sites for hydroxylation is 1. The number of halogens is 1. The third kappa shape index (κ3) is 3.07. The van der Waals surface area contributed by atoms with Gasteiger partial charge in [-0.2, -0.15) is 4.98 Å². The molecule has 17 heavy (non-hydrogen) atoms. The summed E-state index contributed by atoms with van der Waals surface area (Å²) in [5.74, 6) is 1.48. The Labute approximate surface area is 103 Å². The van der Waals surface area contributed by atoms with E-state index in [4.69, 9.17) is 16.3 Å². The normalized spacial score (nSPS) is 10.2. The van der Waals surface area contributed by atoms with Crippen LogP contribution in [0.5, 0.6) is 11.6 Å². The van der Waals surface area contributed by atoms with Crippen LogP contribution in [0.4, 0.5) is 0 Å². The zero-order valence-corrected chi connectivity index (χ0v) is 9.99. The molecule has 0 fully saturated rings. The molecule has 2 rings (SSSR count). The SMILES string of the molecule is CCc1nc(Oc2ccc(Cl)cc2)cc(=O)[nH]1. The van der Waals surface area contributed by atoms with E-state index in [2.05, 4.69) is 9.97 Å². The number of nitrogens with one attached hydrogen (secondary N) is 1. The number of ether oxygens (including phenoxy) is 1. The topological polar surface area (TPSA) is 55.0 Å². The second kappa shape index (κ2) is 5.01. The van der Waals surface area contributed by atoms with E-state index in [9.17, 15) is 4.79 Å². The van der Waals surface area contributed by atoms with Crippen molar-refractivity contribution < 1.29 is 4.74 Å². The number of nitrogens with zero attached hydrogens (tertiary/aromatic N) is 1. The number of hydrogen-bond donors (Lipinski definition) is 1. The molecule has 5 heteroatoms. The zero-order chi connectivity index (χ0) is 12.3. The van der Waals surface area contributed by atoms with Crippen LogP contribution in [0.25, 0.3) is 0 Å². The Hall–Kier alpha value is -1.81. The van der Waals surface area contributed by atoms with Gasteiger partial charge < -0.3 is 9.72 Å². The number of aromatic nitrogens is 2. The molecule has 4 nitrogen and oxygen atoms in total. The van der Waals surface area contributed by atoms with Gasteiger partial charge in [0, 0.05) is 11.4 Å². The zero-order valence-electron chi connectivity index (χ0n) is 9.24. The molecular formula is C12H11ClN2O2. The molecule has 0 amide bonds. The van der Waals surface area contributed by atoms with E-state index in [1.807, 2.05) is 6.92 Å². The highest BCUT2D eigenvalue weighted by molar-refractivity contribution is 6.30. The molecule has 88 valence electrons. The molecule has 1 N–H and O–H groups in total. The van der Waals surface area contributed by atoms with Gasteiger partial charge in [0.25, 0.3) is 5.56 Å². The average Bonchev–Trinajstić information content (AvgIpc) is 2.31. The van der Waals surface area contributed by atoms with Crippen molar-refractivity contribution >= 4 is 11.6 Å². The lowest BCUT2D eigenvalue weighted by Gasteiger charge is -2.05. The van der Waals surface area contributed by atoms with Crippen molar-refractivity contribution in [2.75, 3.05) is 0 Å². The molecule has 0 spiro atoms. The monoisotopic (exact) mass is 250 g/mol. The fraction of sp³-hybridized carbons (Fsp3) is 0.167. The summed E-state index contributed by atoms with van der Waals surface area (Å²) in [6.07, 6.45) is 0.646. The van der Waals surface area contributed by atoms with Gasteiger partial charge in [-0.05, 0) is 24.3 Å². The summed E-state index contributed by atoms with van der Waals surface area (Å²) in [7, 11) is 0. The van der Waals surface area contributed by atoms with Gasteiger partial charge in [-0.15, -0.1) is 0 Å². The minimum atomic E-state index is -0.221. The highest BCUT2D eigenvalue weighted by atomic mass is 35.5. The second-order valence-corrected chi connectivity index (χ2v) is 3.88. The lowest BCUT2D eigenvalue weighted by Crippen LogP contribution is -2.10. The first-order chi connectivity index (χ1) is 8.17. The van der Waals surface area contributed by atoms with Gasteiger partial charge >= 0.3 is 0 Å². The fourth-order valence-electron chi connectivity index (χ4n) is 1.33. The summed E-state index contributed by atoms with van der Waals surface area (Å²) in [4.78, 5) is 18.1. The summed E-state index contributed by atoms with van der Waals surface area (Å²) in [6, 6.07) is 8.18. The average molecular weight is 251 g/mol. The Kier molecular flexibility index (Phi) is 3.44. The number of H-pyrrole nitrogens is 1. The quantitative estimate of drug-likeness (QED) is 0.911. The van der Waals surface area contributed by atoms with Crippen LogP contribution < -0.4 is 10.3 Å². The Balaban J connectivity index is 2.26. The second-order valence-electron chi connectivity index (χ2n) is 3.44. The largest absolute Gasteiger partial charge is 0.439 e. The van der Waals surface area contributed by atoms with E-state index < -0.39 is 0 Å². The molecule has 1 aromatic heterocycles. The summed E-state index contributed by atoms with van der Waals surface area (Å²) in [5.41, 5.74) is -0.221. The van der Waals surface area contributed by atoms with Crippen molar-refractivity contribution in [1.29, 1.82) is 0 Å². The number of rotatable bonds is 3. The third-order valence-electron chi connectivity index (χ3n) is 2.14. The van der Waals surface area contributed by atoms with Crippen LogP contribution in [0.1, 0.15) is 12.7 Å². The predicted molar refractivity (Wildman–Crippen MR) is 65.8 cm³/mol. The van der Waals surface area contributed by atoms with Crippen molar-refractivity contribution in [1.82, 2.24) is 9.97 Å². The van der Waals surface area contributed by atoms with Gasteiger partial charge in [0.2, 0.25) is 5.88 Å². The van der Waals surface area contributed by atoms with Crippen LogP contribution in [0.2, 0.25) is 5.02 Å². The summed E-state index contributed by atoms with van der Waals surface area (Å²) >= 11 is 5.76. The smallest absolute Gasteiger partial charge is 0.254 e. The van der Waals surface area contributed by atoms with Crippen LogP contribution in [-0.2, 0) is 6.42 Å². The molecular weight excluding hydrogens is 240 g/mol. The Morgan fingerprint density at radius 1 is 1.35 bits per heavy atom. The first-order valence-electron chi connectivity index (χ1n) is 5.21. The first-order valence-corrected chi connectivity index (χ1v) is 5.59. The Morgan fingerprint density at radius 2 is 2.06 bits per heavy atom. The highest BCUT2D eigenvalue weighted by Crippen LogP contribution is 2.20. The summed E-state index contributed by atoms with van der Waals surface area (Å²) < 4.78 is 5.47. The van der Waals surface area contributed by atoms with E-state index in [1.54, 1.807) is 24.3 Å². The molecule has 0 aliphatic carbocycles. The molecule has 0 aliphatic rings. The van der Waals surface area contributed by atoms with Crippen molar-refractivity contribution in [3.63, 3.8) is 0 Å². The molecule has 1 heterocycles.